The highest BCUT2D eigenvalue weighted by molar-refractivity contribution is 5.74. The minimum atomic E-state index is -0.125. The quantitative estimate of drug-likeness (QED) is 0.912. The van der Waals surface area contributed by atoms with Gasteiger partial charge in [-0.1, -0.05) is 18.2 Å². The van der Waals surface area contributed by atoms with Crippen LogP contribution in [-0.4, -0.2) is 25.2 Å². The predicted octanol–water partition coefficient (Wildman–Crippen LogP) is 2.67. The number of benzene rings is 1. The first-order valence-corrected chi connectivity index (χ1v) is 7.59. The molecule has 22 heavy (non-hydrogen) atoms. The zero-order valence-electron chi connectivity index (χ0n) is 12.7. The van der Waals surface area contributed by atoms with Crippen LogP contribution in [0.3, 0.4) is 0 Å². The second-order valence-corrected chi connectivity index (χ2v) is 5.60. The zero-order chi connectivity index (χ0) is 15.4. The Labute approximate surface area is 130 Å². The van der Waals surface area contributed by atoms with Gasteiger partial charge in [0.1, 0.15) is 5.76 Å². The number of carbonyl (C=O) groups excluding carboxylic acids is 1. The number of carbonyl (C=O) groups is 1. The summed E-state index contributed by atoms with van der Waals surface area (Å²) >= 11 is 0. The highest BCUT2D eigenvalue weighted by Crippen LogP contribution is 2.19. The van der Waals surface area contributed by atoms with Gasteiger partial charge in [-0.15, -0.1) is 0 Å². The van der Waals surface area contributed by atoms with Crippen molar-refractivity contribution >= 4 is 11.7 Å². The predicted molar refractivity (Wildman–Crippen MR) is 85.9 cm³/mol. The summed E-state index contributed by atoms with van der Waals surface area (Å²) in [6.45, 7) is 4.20. The second-order valence-electron chi connectivity index (χ2n) is 5.60. The lowest BCUT2D eigenvalue weighted by molar-refractivity contribution is 0.237. The van der Waals surface area contributed by atoms with Gasteiger partial charge in [0, 0.05) is 36.9 Å². The number of urea groups is 1. The largest absolute Gasteiger partial charge is 0.469 e. The Kier molecular flexibility index (Phi) is 4.32. The van der Waals surface area contributed by atoms with Crippen LogP contribution in [0.5, 0.6) is 0 Å². The van der Waals surface area contributed by atoms with Crippen molar-refractivity contribution in [2.24, 2.45) is 0 Å². The molecule has 5 heteroatoms. The first-order chi connectivity index (χ1) is 10.7. The van der Waals surface area contributed by atoms with Crippen LogP contribution in [0, 0.1) is 6.92 Å². The first-order valence-electron chi connectivity index (χ1n) is 7.59. The maximum atomic E-state index is 12.0. The number of rotatable bonds is 4. The molecule has 1 atom stereocenters. The molecule has 2 heterocycles. The second kappa shape index (κ2) is 6.56. The lowest BCUT2D eigenvalue weighted by atomic mass is 10.2. The molecule has 0 bridgehead atoms. The van der Waals surface area contributed by atoms with Crippen LogP contribution in [0.15, 0.2) is 47.1 Å². The third-order valence-corrected chi connectivity index (χ3v) is 4.05. The van der Waals surface area contributed by atoms with Crippen LogP contribution in [0.2, 0.25) is 0 Å². The van der Waals surface area contributed by atoms with Crippen LogP contribution < -0.4 is 15.5 Å². The standard InChI is InChI=1S/C17H21N3O2/c1-13-14(8-10-22-13)11-18-17(21)19-15-7-9-20(12-15)16-5-3-2-4-6-16/h2-6,8,10,15H,7,9,11-12H2,1H3,(H2,18,19,21)/t15-/m0/s1. The van der Waals surface area contributed by atoms with E-state index in [1.165, 1.54) is 5.69 Å². The summed E-state index contributed by atoms with van der Waals surface area (Å²) in [6.07, 6.45) is 2.60. The van der Waals surface area contributed by atoms with Crippen LogP contribution >= 0.6 is 0 Å². The first kappa shape index (κ1) is 14.5. The Balaban J connectivity index is 1.46. The van der Waals surface area contributed by atoms with E-state index < -0.39 is 0 Å². The normalized spacial score (nSPS) is 17.5. The number of nitrogens with zero attached hydrogens (tertiary/aromatic N) is 1. The molecule has 1 aliphatic rings. The third-order valence-electron chi connectivity index (χ3n) is 4.05. The van der Waals surface area contributed by atoms with Crippen LogP contribution in [0.1, 0.15) is 17.7 Å². The number of para-hydroxylation sites is 1. The van der Waals surface area contributed by atoms with Gasteiger partial charge >= 0.3 is 6.03 Å². The molecule has 0 unspecified atom stereocenters. The molecule has 2 N–H and O–H groups in total. The molecule has 5 nitrogen and oxygen atoms in total. The van der Waals surface area contributed by atoms with Gasteiger partial charge in [0.05, 0.1) is 6.26 Å². The van der Waals surface area contributed by atoms with Gasteiger partial charge in [0.2, 0.25) is 0 Å². The van der Waals surface area contributed by atoms with E-state index >= 15 is 0 Å². The summed E-state index contributed by atoms with van der Waals surface area (Å²) in [7, 11) is 0. The summed E-state index contributed by atoms with van der Waals surface area (Å²) < 4.78 is 5.21. The molecule has 0 spiro atoms. The molecule has 116 valence electrons. The van der Waals surface area contributed by atoms with Crippen molar-refractivity contribution in [1.29, 1.82) is 0 Å². The fourth-order valence-electron chi connectivity index (χ4n) is 2.76. The molecule has 1 aromatic heterocycles. The molecule has 2 aromatic rings. The molecule has 2 amide bonds. The van der Waals surface area contributed by atoms with Crippen molar-refractivity contribution in [2.45, 2.75) is 25.9 Å². The van der Waals surface area contributed by atoms with Gasteiger partial charge in [-0.25, -0.2) is 4.79 Å². The summed E-state index contributed by atoms with van der Waals surface area (Å²) in [5.41, 5.74) is 2.22. The minimum Gasteiger partial charge on any atom is -0.469 e. The molecule has 1 aliphatic heterocycles. The van der Waals surface area contributed by atoms with E-state index in [4.69, 9.17) is 4.42 Å². The van der Waals surface area contributed by atoms with Crippen molar-refractivity contribution in [3.05, 3.63) is 54.0 Å². The lowest BCUT2D eigenvalue weighted by Crippen LogP contribution is -2.43. The van der Waals surface area contributed by atoms with Gasteiger partial charge in [-0.05, 0) is 31.5 Å². The Bertz CT molecular complexity index is 624. The average molecular weight is 299 g/mol. The number of amides is 2. The summed E-state index contributed by atoms with van der Waals surface area (Å²) in [6, 6.07) is 12.2. The van der Waals surface area contributed by atoms with E-state index in [1.54, 1.807) is 6.26 Å². The van der Waals surface area contributed by atoms with Crippen molar-refractivity contribution in [3.63, 3.8) is 0 Å². The SMILES string of the molecule is Cc1occc1CNC(=O)N[C@H]1CCN(c2ccccc2)C1. The van der Waals surface area contributed by atoms with Gasteiger partial charge in [0.15, 0.2) is 0 Å². The third kappa shape index (κ3) is 3.42. The number of aryl methyl sites for hydroxylation is 1. The average Bonchev–Trinajstić information content (AvgIpc) is 3.15. The molecule has 0 radical (unpaired) electrons. The van der Waals surface area contributed by atoms with E-state index in [0.717, 1.165) is 30.8 Å². The summed E-state index contributed by atoms with van der Waals surface area (Å²) in [4.78, 5) is 14.3. The Hall–Kier alpha value is -2.43. The fourth-order valence-corrected chi connectivity index (χ4v) is 2.76. The number of nitrogens with one attached hydrogen (secondary N) is 2. The number of hydrogen-bond acceptors (Lipinski definition) is 3. The van der Waals surface area contributed by atoms with Gasteiger partial charge < -0.3 is 20.0 Å². The van der Waals surface area contributed by atoms with E-state index in [9.17, 15) is 4.79 Å². The van der Waals surface area contributed by atoms with Crippen molar-refractivity contribution in [1.82, 2.24) is 10.6 Å². The molecule has 0 saturated carbocycles. The maximum absolute atomic E-state index is 12.0. The summed E-state index contributed by atoms with van der Waals surface area (Å²) in [5.74, 6) is 0.844. The molecule has 3 rings (SSSR count). The number of anilines is 1. The molecular weight excluding hydrogens is 278 g/mol. The molecule has 1 fully saturated rings. The van der Waals surface area contributed by atoms with Crippen LogP contribution in [0.25, 0.3) is 0 Å². The fraction of sp³-hybridized carbons (Fsp3) is 0.353. The molecule has 1 saturated heterocycles. The zero-order valence-corrected chi connectivity index (χ0v) is 12.7. The maximum Gasteiger partial charge on any atom is 0.315 e. The smallest absolute Gasteiger partial charge is 0.315 e. The monoisotopic (exact) mass is 299 g/mol. The van der Waals surface area contributed by atoms with Gasteiger partial charge in [0.25, 0.3) is 0 Å². The Morgan fingerprint density at radius 2 is 2.14 bits per heavy atom. The van der Waals surface area contributed by atoms with Crippen LogP contribution in [0.4, 0.5) is 10.5 Å². The Morgan fingerprint density at radius 3 is 2.86 bits per heavy atom. The number of hydrogen-bond donors (Lipinski definition) is 2. The van der Waals surface area contributed by atoms with E-state index in [-0.39, 0.29) is 12.1 Å². The molecular formula is C17H21N3O2. The Morgan fingerprint density at radius 1 is 1.32 bits per heavy atom. The number of furan rings is 1. The topological polar surface area (TPSA) is 57.5 Å². The molecule has 1 aromatic carbocycles. The van der Waals surface area contributed by atoms with Gasteiger partial charge in [-0.3, -0.25) is 0 Å². The molecule has 0 aliphatic carbocycles. The summed E-state index contributed by atoms with van der Waals surface area (Å²) in [5, 5.41) is 5.92. The van der Waals surface area contributed by atoms with Crippen LogP contribution in [-0.2, 0) is 6.54 Å². The minimum absolute atomic E-state index is 0.125. The highest BCUT2D eigenvalue weighted by Gasteiger charge is 2.23. The van der Waals surface area contributed by atoms with Crippen molar-refractivity contribution in [2.75, 3.05) is 18.0 Å². The highest BCUT2D eigenvalue weighted by atomic mass is 16.3. The van der Waals surface area contributed by atoms with E-state index in [2.05, 4.69) is 27.7 Å². The van der Waals surface area contributed by atoms with E-state index in [1.807, 2.05) is 31.2 Å². The van der Waals surface area contributed by atoms with Gasteiger partial charge in [-0.2, -0.15) is 0 Å². The van der Waals surface area contributed by atoms with E-state index in [0.29, 0.717) is 6.54 Å². The van der Waals surface area contributed by atoms with Crippen molar-refractivity contribution < 1.29 is 9.21 Å². The van der Waals surface area contributed by atoms with Crippen molar-refractivity contribution in [3.8, 4) is 0 Å². The lowest BCUT2D eigenvalue weighted by Gasteiger charge is -2.19.